The molecule has 0 radical (unpaired) electrons. The molecule has 0 atom stereocenters. The number of carboxylic acids is 1. The maximum Gasteiger partial charge on any atom is 0.335 e. The molecular formula is C16H15NO3. The lowest BCUT2D eigenvalue weighted by Gasteiger charge is -2.06. The van der Waals surface area contributed by atoms with Crippen LogP contribution in [0.5, 0.6) is 0 Å². The zero-order valence-electron chi connectivity index (χ0n) is 11.1. The molecule has 0 spiro atoms. The monoisotopic (exact) mass is 269 g/mol. The van der Waals surface area contributed by atoms with Gasteiger partial charge in [0.2, 0.25) is 0 Å². The van der Waals surface area contributed by atoms with Crippen molar-refractivity contribution in [2.45, 2.75) is 13.5 Å². The van der Waals surface area contributed by atoms with Gasteiger partial charge in [0.05, 0.1) is 5.56 Å². The molecule has 0 bridgehead atoms. The summed E-state index contributed by atoms with van der Waals surface area (Å²) in [4.78, 5) is 22.8. The normalized spacial score (nSPS) is 10.1. The number of aromatic carboxylic acids is 1. The van der Waals surface area contributed by atoms with E-state index in [4.69, 9.17) is 5.11 Å². The number of rotatable bonds is 4. The summed E-state index contributed by atoms with van der Waals surface area (Å²) in [6.07, 6.45) is 0. The Kier molecular flexibility index (Phi) is 4.15. The average molecular weight is 269 g/mol. The van der Waals surface area contributed by atoms with E-state index in [9.17, 15) is 9.59 Å². The van der Waals surface area contributed by atoms with Crippen molar-refractivity contribution < 1.29 is 14.7 Å². The van der Waals surface area contributed by atoms with Gasteiger partial charge < -0.3 is 10.4 Å². The Morgan fingerprint density at radius 2 is 1.75 bits per heavy atom. The van der Waals surface area contributed by atoms with E-state index in [-0.39, 0.29) is 11.5 Å². The smallest absolute Gasteiger partial charge is 0.335 e. The molecule has 0 aliphatic heterocycles. The van der Waals surface area contributed by atoms with Crippen LogP contribution in [0.25, 0.3) is 0 Å². The van der Waals surface area contributed by atoms with E-state index < -0.39 is 5.97 Å². The molecule has 0 aromatic heterocycles. The molecule has 2 N–H and O–H groups in total. The number of hydrogen-bond acceptors (Lipinski definition) is 2. The molecular weight excluding hydrogens is 254 g/mol. The fourth-order valence-electron chi connectivity index (χ4n) is 1.89. The van der Waals surface area contributed by atoms with Gasteiger partial charge in [-0.1, -0.05) is 29.8 Å². The second-order valence-corrected chi connectivity index (χ2v) is 4.56. The Hall–Kier alpha value is -2.62. The fraction of sp³-hybridized carbons (Fsp3) is 0.125. The molecule has 2 rings (SSSR count). The highest BCUT2D eigenvalue weighted by atomic mass is 16.4. The highest BCUT2D eigenvalue weighted by molar-refractivity contribution is 5.94. The van der Waals surface area contributed by atoms with Crippen LogP contribution in [-0.4, -0.2) is 17.0 Å². The van der Waals surface area contributed by atoms with E-state index in [2.05, 4.69) is 5.32 Å². The lowest BCUT2D eigenvalue weighted by molar-refractivity contribution is 0.0696. The average Bonchev–Trinajstić information content (AvgIpc) is 2.45. The SMILES string of the molecule is Cc1cccc(C(=O)NCc2cccc(C(=O)O)c2)c1. The zero-order chi connectivity index (χ0) is 14.5. The highest BCUT2D eigenvalue weighted by Crippen LogP contribution is 2.07. The van der Waals surface area contributed by atoms with Crippen LogP contribution in [0.4, 0.5) is 0 Å². The molecule has 0 saturated carbocycles. The van der Waals surface area contributed by atoms with Gasteiger partial charge in [-0.2, -0.15) is 0 Å². The molecule has 0 aliphatic rings. The maximum absolute atomic E-state index is 12.0. The Bertz CT molecular complexity index is 650. The van der Waals surface area contributed by atoms with Crippen molar-refractivity contribution in [3.05, 3.63) is 70.8 Å². The van der Waals surface area contributed by atoms with Gasteiger partial charge >= 0.3 is 5.97 Å². The van der Waals surface area contributed by atoms with Crippen LogP contribution >= 0.6 is 0 Å². The van der Waals surface area contributed by atoms with Gasteiger partial charge in [0.15, 0.2) is 0 Å². The highest BCUT2D eigenvalue weighted by Gasteiger charge is 2.07. The van der Waals surface area contributed by atoms with E-state index in [1.54, 1.807) is 24.3 Å². The van der Waals surface area contributed by atoms with Crippen LogP contribution in [0.2, 0.25) is 0 Å². The van der Waals surface area contributed by atoms with Gasteiger partial charge in [-0.25, -0.2) is 4.79 Å². The molecule has 102 valence electrons. The predicted molar refractivity (Wildman–Crippen MR) is 75.8 cm³/mol. The van der Waals surface area contributed by atoms with E-state index in [0.717, 1.165) is 11.1 Å². The number of aryl methyl sites for hydroxylation is 1. The van der Waals surface area contributed by atoms with Crippen LogP contribution in [-0.2, 0) is 6.54 Å². The molecule has 0 heterocycles. The molecule has 2 aromatic carbocycles. The minimum absolute atomic E-state index is 0.172. The molecule has 20 heavy (non-hydrogen) atoms. The van der Waals surface area contributed by atoms with Gasteiger partial charge in [-0.15, -0.1) is 0 Å². The summed E-state index contributed by atoms with van der Waals surface area (Å²) in [7, 11) is 0. The first-order valence-corrected chi connectivity index (χ1v) is 6.23. The fourth-order valence-corrected chi connectivity index (χ4v) is 1.89. The zero-order valence-corrected chi connectivity index (χ0v) is 11.1. The van der Waals surface area contributed by atoms with Crippen molar-refractivity contribution >= 4 is 11.9 Å². The Balaban J connectivity index is 2.03. The van der Waals surface area contributed by atoms with Crippen molar-refractivity contribution in [2.24, 2.45) is 0 Å². The number of benzene rings is 2. The summed E-state index contributed by atoms with van der Waals surface area (Å²) in [5, 5.41) is 11.7. The third-order valence-corrected chi connectivity index (χ3v) is 2.91. The summed E-state index contributed by atoms with van der Waals surface area (Å²) in [5.74, 6) is -1.15. The number of hydrogen-bond donors (Lipinski definition) is 2. The first-order valence-electron chi connectivity index (χ1n) is 6.23. The summed E-state index contributed by atoms with van der Waals surface area (Å²) in [6.45, 7) is 2.22. The van der Waals surface area contributed by atoms with Crippen molar-refractivity contribution in [3.63, 3.8) is 0 Å². The summed E-state index contributed by atoms with van der Waals surface area (Å²) < 4.78 is 0. The van der Waals surface area contributed by atoms with Crippen molar-refractivity contribution in [2.75, 3.05) is 0 Å². The minimum Gasteiger partial charge on any atom is -0.478 e. The number of carbonyl (C=O) groups is 2. The topological polar surface area (TPSA) is 66.4 Å². The second kappa shape index (κ2) is 6.02. The molecule has 1 amide bonds. The number of carboxylic acid groups (broad SMARTS) is 1. The van der Waals surface area contributed by atoms with Crippen LogP contribution < -0.4 is 5.32 Å². The molecule has 2 aromatic rings. The second-order valence-electron chi connectivity index (χ2n) is 4.56. The van der Waals surface area contributed by atoms with Crippen LogP contribution in [0, 0.1) is 6.92 Å². The van der Waals surface area contributed by atoms with Gasteiger partial charge in [0.25, 0.3) is 5.91 Å². The standard InChI is InChI=1S/C16H15NO3/c1-11-4-2-6-13(8-11)15(18)17-10-12-5-3-7-14(9-12)16(19)20/h2-9H,10H2,1H3,(H,17,18)(H,19,20). The maximum atomic E-state index is 12.0. The van der Waals surface area contributed by atoms with E-state index >= 15 is 0 Å². The lowest BCUT2D eigenvalue weighted by Crippen LogP contribution is -2.22. The third-order valence-electron chi connectivity index (χ3n) is 2.91. The van der Waals surface area contributed by atoms with Gasteiger partial charge in [-0.3, -0.25) is 4.79 Å². The molecule has 0 fully saturated rings. The summed E-state index contributed by atoms with van der Waals surface area (Å²) in [5.41, 5.74) is 2.59. The van der Waals surface area contributed by atoms with Crippen LogP contribution in [0.15, 0.2) is 48.5 Å². The Morgan fingerprint density at radius 3 is 2.45 bits per heavy atom. The molecule has 0 saturated heterocycles. The number of carbonyl (C=O) groups excluding carboxylic acids is 1. The predicted octanol–water partition coefficient (Wildman–Crippen LogP) is 2.62. The quantitative estimate of drug-likeness (QED) is 0.896. The minimum atomic E-state index is -0.975. The molecule has 4 heteroatoms. The Labute approximate surface area is 117 Å². The van der Waals surface area contributed by atoms with Crippen LogP contribution in [0.1, 0.15) is 31.8 Å². The molecule has 0 unspecified atom stereocenters. The number of amides is 1. The lowest BCUT2D eigenvalue weighted by atomic mass is 10.1. The van der Waals surface area contributed by atoms with Gasteiger partial charge in [0, 0.05) is 12.1 Å². The van der Waals surface area contributed by atoms with Crippen molar-refractivity contribution in [1.29, 1.82) is 0 Å². The van der Waals surface area contributed by atoms with E-state index in [1.807, 2.05) is 25.1 Å². The van der Waals surface area contributed by atoms with E-state index in [1.165, 1.54) is 6.07 Å². The first kappa shape index (κ1) is 13.8. The number of nitrogens with one attached hydrogen (secondary N) is 1. The molecule has 4 nitrogen and oxygen atoms in total. The first-order chi connectivity index (χ1) is 9.56. The van der Waals surface area contributed by atoms with Crippen molar-refractivity contribution in [1.82, 2.24) is 5.32 Å². The van der Waals surface area contributed by atoms with Crippen LogP contribution in [0.3, 0.4) is 0 Å². The third kappa shape index (κ3) is 3.45. The van der Waals surface area contributed by atoms with Gasteiger partial charge in [0.1, 0.15) is 0 Å². The van der Waals surface area contributed by atoms with E-state index in [0.29, 0.717) is 12.1 Å². The summed E-state index contributed by atoms with van der Waals surface area (Å²) >= 11 is 0. The largest absolute Gasteiger partial charge is 0.478 e. The Morgan fingerprint density at radius 1 is 1.05 bits per heavy atom. The van der Waals surface area contributed by atoms with Crippen molar-refractivity contribution in [3.8, 4) is 0 Å². The van der Waals surface area contributed by atoms with Gasteiger partial charge in [-0.05, 0) is 36.8 Å². The summed E-state index contributed by atoms with van der Waals surface area (Å²) in [6, 6.07) is 13.8. The molecule has 0 aliphatic carbocycles.